The molecule has 0 bridgehead atoms. The topological polar surface area (TPSA) is 254 Å². The van der Waals surface area contributed by atoms with E-state index in [1.54, 1.807) is 0 Å². The van der Waals surface area contributed by atoms with Crippen LogP contribution in [0.1, 0.15) is 40.0 Å². The molecule has 0 N–H and O–H groups in total. The Hall–Kier alpha value is -3.78. The average molecular weight is 597 g/mol. The van der Waals surface area contributed by atoms with Gasteiger partial charge in [-0.3, -0.25) is 34.1 Å². The molecule has 3 rings (SSSR count). The van der Waals surface area contributed by atoms with Crippen LogP contribution in [0.5, 0.6) is 5.75 Å². The number of nitro benzene ring substituents is 1. The summed E-state index contributed by atoms with van der Waals surface area (Å²) in [5.41, 5.74) is -0.0316. The molecule has 2 fully saturated rings. The molecule has 1 aromatic rings. The van der Waals surface area contributed by atoms with Crippen LogP contribution in [-0.2, 0) is 53.4 Å². The van der Waals surface area contributed by atoms with Crippen molar-refractivity contribution < 1.29 is 95.4 Å². The van der Waals surface area contributed by atoms with Crippen molar-refractivity contribution in [2.24, 2.45) is 0 Å². The van der Waals surface area contributed by atoms with E-state index in [0.717, 1.165) is 13.8 Å². The molecule has 212 valence electrons. The zero-order valence-electron chi connectivity index (χ0n) is 21.4. The van der Waals surface area contributed by atoms with Crippen molar-refractivity contribution in [1.29, 1.82) is 0 Å². The van der Waals surface area contributed by atoms with Gasteiger partial charge in [-0.1, -0.05) is 0 Å². The van der Waals surface area contributed by atoms with E-state index in [1.165, 1.54) is 31.2 Å². The number of hydroxylamine groups is 4. The van der Waals surface area contributed by atoms with Crippen LogP contribution in [0.3, 0.4) is 0 Å². The van der Waals surface area contributed by atoms with Gasteiger partial charge in [0.25, 0.3) is 29.3 Å². The molecule has 0 spiro atoms. The summed E-state index contributed by atoms with van der Waals surface area (Å²) in [6.45, 7) is 3.33. The van der Waals surface area contributed by atoms with Crippen molar-refractivity contribution in [3.63, 3.8) is 0 Å². The number of ether oxygens (including phenoxy) is 1. The van der Waals surface area contributed by atoms with Crippen molar-refractivity contribution in [1.82, 2.24) is 10.1 Å². The Balaban J connectivity index is 0.000000570. The van der Waals surface area contributed by atoms with E-state index in [4.69, 9.17) is 0 Å². The number of carbonyl (C=O) groups excluding carboxylic acids is 7. The van der Waals surface area contributed by atoms with Gasteiger partial charge in [-0.2, -0.15) is 0 Å². The maximum absolute atomic E-state index is 11.1. The number of amides is 4. The third-order valence-corrected chi connectivity index (χ3v) is 5.23. The Bertz CT molecular complexity index is 1280. The van der Waals surface area contributed by atoms with Crippen LogP contribution in [-0.4, -0.2) is 74.8 Å². The number of imide groups is 2. The van der Waals surface area contributed by atoms with Gasteiger partial charge in [0, 0.05) is 45.7 Å². The number of hydrogen-bond acceptors (Lipinski definition) is 15. The summed E-state index contributed by atoms with van der Waals surface area (Å²) in [7, 11) is -4.91. The Morgan fingerprint density at radius 3 is 1.65 bits per heavy atom. The second-order valence-electron chi connectivity index (χ2n) is 7.30. The molecule has 2 aliphatic heterocycles. The molecule has 1 unspecified atom stereocenters. The van der Waals surface area contributed by atoms with Gasteiger partial charge in [-0.05, 0) is 12.1 Å². The monoisotopic (exact) mass is 597 g/mol. The number of hydrogen-bond donors (Lipinski definition) is 0. The number of nitro groups is 1. The van der Waals surface area contributed by atoms with Gasteiger partial charge in [-0.15, -0.1) is 10.1 Å². The third-order valence-electron chi connectivity index (χ3n) is 4.17. The minimum absolute atomic E-state index is 0. The normalized spacial score (nSPS) is 16.1. The van der Waals surface area contributed by atoms with Gasteiger partial charge in [0.1, 0.15) is 21.1 Å². The molecule has 18 nitrogen and oxygen atoms in total. The number of rotatable bonds is 5. The van der Waals surface area contributed by atoms with E-state index >= 15 is 0 Å². The zero-order chi connectivity index (χ0) is 30.1. The standard InChI is InChI=1S/C8H7NO4.C6H7NO7S.C6H7NO4.Na/c1-6(10)13-8-4-2-7(3-5-8)9(11)12;1-3(8)14-7-5(9)2-4(6(7)10)15(11,12)13;1-4(8)11-7-5(9)2-3-6(7)10;/h2-5H,1H3;4H,2H2,1H3,(H,11,12,13);2-3H2,1H3;/q;;;+1/p-1. The molecule has 0 aromatic heterocycles. The second kappa shape index (κ2) is 15.7. The van der Waals surface area contributed by atoms with Gasteiger partial charge in [0.15, 0.2) is 0 Å². The van der Waals surface area contributed by atoms with Crippen molar-refractivity contribution in [3.05, 3.63) is 34.4 Å². The predicted octanol–water partition coefficient (Wildman–Crippen LogP) is -3.73. The van der Waals surface area contributed by atoms with Crippen molar-refractivity contribution in [2.45, 2.75) is 45.3 Å². The van der Waals surface area contributed by atoms with Crippen LogP contribution in [0.25, 0.3) is 0 Å². The van der Waals surface area contributed by atoms with Crippen molar-refractivity contribution in [2.75, 3.05) is 0 Å². The summed E-state index contributed by atoms with van der Waals surface area (Å²) in [5.74, 6) is -5.03. The number of non-ortho nitro benzene ring substituents is 1. The van der Waals surface area contributed by atoms with Crippen LogP contribution in [0.2, 0.25) is 0 Å². The van der Waals surface area contributed by atoms with Crippen LogP contribution < -0.4 is 34.3 Å². The Morgan fingerprint density at radius 2 is 1.30 bits per heavy atom. The molecule has 1 atom stereocenters. The summed E-state index contributed by atoms with van der Waals surface area (Å²) < 4.78 is 36.3. The quantitative estimate of drug-likeness (QED) is 0.0601. The number of benzene rings is 1. The van der Waals surface area contributed by atoms with Gasteiger partial charge in [0.05, 0.1) is 11.3 Å². The molecular formula is C20H20N3NaO15S. The predicted molar refractivity (Wildman–Crippen MR) is 119 cm³/mol. The minimum atomic E-state index is -4.91. The first-order valence-electron chi connectivity index (χ1n) is 10.4. The molecule has 2 aliphatic rings. The maximum Gasteiger partial charge on any atom is 1.00 e. The minimum Gasteiger partial charge on any atom is -0.747 e. The fourth-order valence-corrected chi connectivity index (χ4v) is 3.31. The molecule has 4 amide bonds. The van der Waals surface area contributed by atoms with E-state index in [1.807, 2.05) is 0 Å². The summed E-state index contributed by atoms with van der Waals surface area (Å²) >= 11 is 0. The summed E-state index contributed by atoms with van der Waals surface area (Å²) in [6, 6.07) is 5.30. The smallest absolute Gasteiger partial charge is 0.747 e. The first-order valence-corrected chi connectivity index (χ1v) is 11.9. The molecular weight excluding hydrogens is 577 g/mol. The zero-order valence-corrected chi connectivity index (χ0v) is 24.2. The Labute approximate surface area is 247 Å². The number of nitrogens with zero attached hydrogens (tertiary/aromatic N) is 3. The van der Waals surface area contributed by atoms with E-state index in [2.05, 4.69) is 14.4 Å². The average Bonchev–Trinajstić information content (AvgIpc) is 3.27. The van der Waals surface area contributed by atoms with E-state index < -0.39 is 68.2 Å². The largest absolute Gasteiger partial charge is 1.00 e. The summed E-state index contributed by atoms with van der Waals surface area (Å²) in [4.78, 5) is 93.1. The molecule has 40 heavy (non-hydrogen) atoms. The van der Waals surface area contributed by atoms with Crippen LogP contribution in [0.4, 0.5) is 5.69 Å². The molecule has 20 heteroatoms. The Kier molecular flexibility index (Phi) is 14.2. The summed E-state index contributed by atoms with van der Waals surface area (Å²) in [6.07, 6.45) is -0.532. The van der Waals surface area contributed by atoms with Gasteiger partial charge in [-0.25, -0.2) is 18.0 Å². The van der Waals surface area contributed by atoms with Crippen molar-refractivity contribution in [3.8, 4) is 5.75 Å². The molecule has 0 saturated carbocycles. The maximum atomic E-state index is 11.1. The van der Waals surface area contributed by atoms with Gasteiger partial charge >= 0.3 is 47.5 Å². The second-order valence-corrected chi connectivity index (χ2v) is 8.86. The molecule has 2 saturated heterocycles. The molecule has 1 aromatic carbocycles. The van der Waals surface area contributed by atoms with E-state index in [0.29, 0.717) is 10.8 Å². The molecule has 0 radical (unpaired) electrons. The number of esters is 1. The Morgan fingerprint density at radius 1 is 0.850 bits per heavy atom. The van der Waals surface area contributed by atoms with Crippen LogP contribution >= 0.6 is 0 Å². The summed E-state index contributed by atoms with van der Waals surface area (Å²) in [5, 5.41) is 8.75. The van der Waals surface area contributed by atoms with E-state index in [9.17, 15) is 56.6 Å². The van der Waals surface area contributed by atoms with Crippen LogP contribution in [0, 0.1) is 10.1 Å². The first-order chi connectivity index (χ1) is 17.9. The fraction of sp³-hybridized carbons (Fsp3) is 0.350. The van der Waals surface area contributed by atoms with Crippen molar-refractivity contribution >= 4 is 57.3 Å². The SMILES string of the molecule is CC(=O)ON1C(=O)CC(S(=O)(=O)[O-])C1=O.CC(=O)ON1C(=O)CCC1=O.CC(=O)Oc1ccc([N+](=O)[O-])cc1.[Na+]. The van der Waals surface area contributed by atoms with Gasteiger partial charge in [0.2, 0.25) is 0 Å². The van der Waals surface area contributed by atoms with Gasteiger partial charge < -0.3 is 19.0 Å². The fourth-order valence-electron chi connectivity index (χ4n) is 2.62. The number of carbonyl (C=O) groups is 7. The third kappa shape index (κ3) is 11.5. The molecule has 0 aliphatic carbocycles. The molecule has 2 heterocycles. The van der Waals surface area contributed by atoms with E-state index in [-0.39, 0.29) is 53.1 Å². The first kappa shape index (κ1) is 36.2. The van der Waals surface area contributed by atoms with Crippen LogP contribution in [0.15, 0.2) is 24.3 Å².